The fraction of sp³-hybridized carbons (Fsp3) is 0.208. The third-order valence-electron chi connectivity index (χ3n) is 4.47. The number of carbonyl (C=O) groups is 1. The number of nitrogens with one attached hydrogen (secondary N) is 2. The first kappa shape index (κ1) is 20.9. The van der Waals surface area contributed by atoms with Gasteiger partial charge in [-0.2, -0.15) is 0 Å². The maximum absolute atomic E-state index is 12.2. The normalized spacial score (nSPS) is 10.6. The number of benzene rings is 3. The molecule has 4 nitrogen and oxygen atoms in total. The highest BCUT2D eigenvalue weighted by Crippen LogP contribution is 2.23. The Balaban J connectivity index is 1.51. The van der Waals surface area contributed by atoms with E-state index in [1.807, 2.05) is 55.5 Å². The van der Waals surface area contributed by atoms with Crippen LogP contribution in [0.25, 0.3) is 0 Å². The van der Waals surface area contributed by atoms with Crippen LogP contribution >= 0.6 is 11.6 Å². The molecule has 0 unspecified atom stereocenters. The van der Waals surface area contributed by atoms with Gasteiger partial charge in [-0.1, -0.05) is 59.6 Å². The number of rotatable bonds is 9. The highest BCUT2D eigenvalue weighted by Gasteiger charge is 2.08. The Bertz CT molecular complexity index is 927. The predicted molar refractivity (Wildman–Crippen MR) is 119 cm³/mol. The zero-order chi connectivity index (χ0) is 20.5. The molecule has 0 aromatic heterocycles. The van der Waals surface area contributed by atoms with E-state index in [1.165, 1.54) is 5.56 Å². The summed E-state index contributed by atoms with van der Waals surface area (Å²) in [6.45, 7) is 3.39. The second kappa shape index (κ2) is 10.6. The summed E-state index contributed by atoms with van der Waals surface area (Å²) in [5.74, 6) is 0.451. The maximum atomic E-state index is 12.2. The van der Waals surface area contributed by atoms with Crippen molar-refractivity contribution in [2.75, 3.05) is 18.5 Å². The lowest BCUT2D eigenvalue weighted by Crippen LogP contribution is -2.21. The Morgan fingerprint density at radius 2 is 1.76 bits per heavy atom. The topological polar surface area (TPSA) is 50.4 Å². The molecular weight excluding hydrogens is 384 g/mol. The Hall–Kier alpha value is -2.82. The van der Waals surface area contributed by atoms with Crippen LogP contribution in [-0.4, -0.2) is 19.1 Å². The summed E-state index contributed by atoms with van der Waals surface area (Å²) in [6, 6.07) is 23.4. The van der Waals surface area contributed by atoms with Crippen molar-refractivity contribution in [3.05, 3.63) is 94.5 Å². The van der Waals surface area contributed by atoms with Gasteiger partial charge in [0, 0.05) is 22.8 Å². The molecule has 0 atom stereocenters. The second-order valence-corrected chi connectivity index (χ2v) is 7.30. The van der Waals surface area contributed by atoms with Crippen LogP contribution in [0, 0.1) is 6.92 Å². The molecule has 0 aliphatic heterocycles. The molecule has 3 aromatic rings. The molecule has 0 spiro atoms. The molecular formula is C24H25ClN2O2. The molecule has 150 valence electrons. The first-order chi connectivity index (χ1) is 14.1. The van der Waals surface area contributed by atoms with Crippen LogP contribution in [0.15, 0.2) is 72.8 Å². The minimum Gasteiger partial charge on any atom is -0.483 e. The second-order valence-electron chi connectivity index (χ2n) is 6.87. The molecule has 0 saturated heterocycles. The van der Waals surface area contributed by atoms with Crippen LogP contribution in [0.2, 0.25) is 5.02 Å². The zero-order valence-electron chi connectivity index (χ0n) is 16.5. The van der Waals surface area contributed by atoms with Crippen molar-refractivity contribution < 1.29 is 9.53 Å². The van der Waals surface area contributed by atoms with E-state index in [4.69, 9.17) is 16.3 Å². The fourth-order valence-corrected chi connectivity index (χ4v) is 3.10. The highest BCUT2D eigenvalue weighted by molar-refractivity contribution is 6.30. The summed E-state index contributed by atoms with van der Waals surface area (Å²) in [6.07, 6.45) is 0.941. The van der Waals surface area contributed by atoms with Gasteiger partial charge < -0.3 is 15.4 Å². The highest BCUT2D eigenvalue weighted by atomic mass is 35.5. The summed E-state index contributed by atoms with van der Waals surface area (Å²) in [7, 11) is 0. The summed E-state index contributed by atoms with van der Waals surface area (Å²) in [5.41, 5.74) is 4.11. The first-order valence-electron chi connectivity index (χ1n) is 9.62. The molecule has 0 heterocycles. The van der Waals surface area contributed by atoms with Gasteiger partial charge in [0.05, 0.1) is 0 Å². The van der Waals surface area contributed by atoms with E-state index in [1.54, 1.807) is 12.1 Å². The molecule has 0 fully saturated rings. The lowest BCUT2D eigenvalue weighted by atomic mass is 10.1. The van der Waals surface area contributed by atoms with Gasteiger partial charge in [-0.3, -0.25) is 4.79 Å². The quantitative estimate of drug-likeness (QED) is 0.490. The molecule has 0 radical (unpaired) electrons. The smallest absolute Gasteiger partial charge is 0.262 e. The van der Waals surface area contributed by atoms with E-state index in [0.717, 1.165) is 29.8 Å². The Kier molecular flexibility index (Phi) is 7.68. The third kappa shape index (κ3) is 6.93. The molecule has 0 bridgehead atoms. The van der Waals surface area contributed by atoms with Crippen LogP contribution in [0.3, 0.4) is 0 Å². The molecule has 0 aliphatic rings. The standard InChI is InChI=1S/C24H25ClN2O2/c1-18-7-10-22(11-8-18)27-24(28)17-29-23-12-9-21(25)15-20(23)16-26-14-13-19-5-3-2-4-6-19/h2-12,15,26H,13-14,16-17H2,1H3,(H,27,28). The Labute approximate surface area is 176 Å². The summed E-state index contributed by atoms with van der Waals surface area (Å²) < 4.78 is 5.75. The minimum atomic E-state index is -0.202. The summed E-state index contributed by atoms with van der Waals surface area (Å²) in [4.78, 5) is 12.2. The van der Waals surface area contributed by atoms with Crippen molar-refractivity contribution in [3.8, 4) is 5.75 Å². The van der Waals surface area contributed by atoms with E-state index in [9.17, 15) is 4.79 Å². The van der Waals surface area contributed by atoms with Crippen molar-refractivity contribution in [1.29, 1.82) is 0 Å². The number of hydrogen-bond acceptors (Lipinski definition) is 3. The van der Waals surface area contributed by atoms with Crippen molar-refractivity contribution in [2.24, 2.45) is 0 Å². The van der Waals surface area contributed by atoms with Gasteiger partial charge in [0.25, 0.3) is 5.91 Å². The van der Waals surface area contributed by atoms with Crippen LogP contribution in [-0.2, 0) is 17.8 Å². The van der Waals surface area contributed by atoms with Gasteiger partial charge in [-0.15, -0.1) is 0 Å². The molecule has 5 heteroatoms. The van der Waals surface area contributed by atoms with Gasteiger partial charge in [0.1, 0.15) is 5.75 Å². The molecule has 3 rings (SSSR count). The number of amides is 1. The Morgan fingerprint density at radius 3 is 2.52 bits per heavy atom. The number of carbonyl (C=O) groups excluding carboxylic acids is 1. The van der Waals surface area contributed by atoms with Crippen LogP contribution in [0.1, 0.15) is 16.7 Å². The van der Waals surface area contributed by atoms with Crippen LogP contribution in [0.5, 0.6) is 5.75 Å². The van der Waals surface area contributed by atoms with Gasteiger partial charge in [-0.05, 0) is 55.8 Å². The van der Waals surface area contributed by atoms with Crippen molar-refractivity contribution in [1.82, 2.24) is 5.32 Å². The van der Waals surface area contributed by atoms with Gasteiger partial charge in [0.15, 0.2) is 6.61 Å². The fourth-order valence-electron chi connectivity index (χ4n) is 2.90. The Morgan fingerprint density at radius 1 is 1.00 bits per heavy atom. The van der Waals surface area contributed by atoms with Crippen molar-refractivity contribution in [3.63, 3.8) is 0 Å². The average Bonchev–Trinajstić information content (AvgIpc) is 2.73. The van der Waals surface area contributed by atoms with E-state index in [-0.39, 0.29) is 12.5 Å². The van der Waals surface area contributed by atoms with Crippen molar-refractivity contribution in [2.45, 2.75) is 19.9 Å². The van der Waals surface area contributed by atoms with Gasteiger partial charge >= 0.3 is 0 Å². The van der Waals surface area contributed by atoms with Crippen LogP contribution < -0.4 is 15.4 Å². The monoisotopic (exact) mass is 408 g/mol. The molecule has 0 aliphatic carbocycles. The summed E-state index contributed by atoms with van der Waals surface area (Å²) in [5, 5.41) is 6.89. The lowest BCUT2D eigenvalue weighted by Gasteiger charge is -2.13. The van der Waals surface area contributed by atoms with Crippen molar-refractivity contribution >= 4 is 23.2 Å². The molecule has 3 aromatic carbocycles. The maximum Gasteiger partial charge on any atom is 0.262 e. The average molecular weight is 409 g/mol. The number of anilines is 1. The van der Waals surface area contributed by atoms with E-state index < -0.39 is 0 Å². The number of aryl methyl sites for hydroxylation is 1. The molecule has 1 amide bonds. The zero-order valence-corrected chi connectivity index (χ0v) is 17.2. The molecule has 2 N–H and O–H groups in total. The third-order valence-corrected chi connectivity index (χ3v) is 4.70. The SMILES string of the molecule is Cc1ccc(NC(=O)COc2ccc(Cl)cc2CNCCc2ccccc2)cc1. The molecule has 29 heavy (non-hydrogen) atoms. The van der Waals surface area contributed by atoms with Gasteiger partial charge in [-0.25, -0.2) is 0 Å². The number of hydrogen-bond donors (Lipinski definition) is 2. The summed E-state index contributed by atoms with van der Waals surface area (Å²) >= 11 is 6.15. The van der Waals surface area contributed by atoms with E-state index in [0.29, 0.717) is 17.3 Å². The number of halogens is 1. The largest absolute Gasteiger partial charge is 0.483 e. The number of ether oxygens (including phenoxy) is 1. The van der Waals surface area contributed by atoms with E-state index in [2.05, 4.69) is 22.8 Å². The lowest BCUT2D eigenvalue weighted by molar-refractivity contribution is -0.118. The predicted octanol–water partition coefficient (Wildman–Crippen LogP) is 5.00. The van der Waals surface area contributed by atoms with E-state index >= 15 is 0 Å². The minimum absolute atomic E-state index is 0.0630. The van der Waals surface area contributed by atoms with Crippen LogP contribution in [0.4, 0.5) is 5.69 Å². The first-order valence-corrected chi connectivity index (χ1v) is 10.0. The van der Waals surface area contributed by atoms with Gasteiger partial charge in [0.2, 0.25) is 0 Å². The molecule has 0 saturated carbocycles.